The number of carboxylic acid groups (broad SMARTS) is 1. The molecule has 6 heteroatoms. The van der Waals surface area contributed by atoms with Gasteiger partial charge in [0.15, 0.2) is 0 Å². The van der Waals surface area contributed by atoms with Crippen LogP contribution in [0.4, 0.5) is 0 Å². The predicted molar refractivity (Wildman–Crippen MR) is 47.6 cm³/mol. The second-order valence-corrected chi connectivity index (χ2v) is 2.14. The molecule has 1 atom stereocenters. The Kier molecular flexibility index (Phi) is 9.24. The van der Waals surface area contributed by atoms with Gasteiger partial charge in [0.2, 0.25) is 5.91 Å². The number of hydrogen-bond acceptors (Lipinski definition) is 3. The van der Waals surface area contributed by atoms with Crippen LogP contribution in [-0.2, 0) is 9.59 Å². The summed E-state index contributed by atoms with van der Waals surface area (Å²) in [6.07, 6.45) is 0. The van der Waals surface area contributed by atoms with E-state index in [-0.39, 0.29) is 49.4 Å². The number of rotatable bonds is 3. The molecule has 0 bridgehead atoms. The zero-order chi connectivity index (χ0) is 8.15. The van der Waals surface area contributed by atoms with E-state index in [1.54, 1.807) is 0 Å². The van der Waals surface area contributed by atoms with E-state index in [1.165, 1.54) is 6.92 Å². The number of thiol groups is 1. The Morgan fingerprint density at radius 2 is 2.09 bits per heavy atom. The second-order valence-electron chi connectivity index (χ2n) is 1.77. The van der Waals surface area contributed by atoms with Gasteiger partial charge in [-0.15, -0.1) is 0 Å². The third-order valence-electron chi connectivity index (χ3n) is 0.858. The summed E-state index contributed by atoms with van der Waals surface area (Å²) in [6.45, 7) is 1.26. The van der Waals surface area contributed by atoms with E-state index in [2.05, 4.69) is 17.9 Å². The van der Waals surface area contributed by atoms with Crippen LogP contribution in [0.3, 0.4) is 0 Å². The average molecular weight is 205 g/mol. The maximum atomic E-state index is 10.3. The van der Waals surface area contributed by atoms with Gasteiger partial charge in [0, 0.05) is 12.7 Å². The molecule has 0 aliphatic heterocycles. The van der Waals surface area contributed by atoms with E-state index in [9.17, 15) is 9.59 Å². The number of carbonyl (C=O) groups excluding carboxylic acids is 1. The molecule has 0 aliphatic carbocycles. The van der Waals surface area contributed by atoms with Crippen molar-refractivity contribution in [2.75, 3.05) is 5.75 Å². The normalized spacial score (nSPS) is 11.1. The van der Waals surface area contributed by atoms with Crippen molar-refractivity contribution in [3.05, 3.63) is 0 Å². The Bertz CT molecular complexity index is 153. The summed E-state index contributed by atoms with van der Waals surface area (Å²) in [5, 5.41) is 10.6. The van der Waals surface area contributed by atoms with Crippen LogP contribution < -0.4 is 5.32 Å². The van der Waals surface area contributed by atoms with Gasteiger partial charge in [0.25, 0.3) is 0 Å². The molecule has 0 aromatic carbocycles. The Labute approximate surface area is 100 Å². The van der Waals surface area contributed by atoms with Crippen LogP contribution in [0, 0.1) is 0 Å². The fourth-order valence-electron chi connectivity index (χ4n) is 0.431. The van der Waals surface area contributed by atoms with Gasteiger partial charge >= 0.3 is 43.7 Å². The van der Waals surface area contributed by atoms with Crippen LogP contribution >= 0.6 is 12.6 Å². The third kappa shape index (κ3) is 6.93. The van der Waals surface area contributed by atoms with Crippen molar-refractivity contribution in [2.45, 2.75) is 13.0 Å². The fourth-order valence-corrected chi connectivity index (χ4v) is 0.678. The molecule has 2 N–H and O–H groups in total. The van der Waals surface area contributed by atoms with Gasteiger partial charge in [-0.3, -0.25) is 4.79 Å². The topological polar surface area (TPSA) is 66.4 Å². The first-order valence-corrected chi connectivity index (χ1v) is 3.32. The van der Waals surface area contributed by atoms with Crippen LogP contribution in [0.1, 0.15) is 6.92 Å². The summed E-state index contributed by atoms with van der Waals surface area (Å²) in [5.41, 5.74) is 0. The second kappa shape index (κ2) is 7.21. The summed E-state index contributed by atoms with van der Waals surface area (Å²) in [6, 6.07) is -0.874. The van der Waals surface area contributed by atoms with E-state index < -0.39 is 12.0 Å². The van der Waals surface area contributed by atoms with Gasteiger partial charge in [-0.1, -0.05) is 0 Å². The van der Waals surface area contributed by atoms with E-state index in [0.29, 0.717) is 0 Å². The van der Waals surface area contributed by atoms with Gasteiger partial charge in [0.05, 0.1) is 0 Å². The first-order valence-electron chi connectivity index (χ1n) is 2.68. The van der Waals surface area contributed by atoms with Crippen molar-refractivity contribution in [1.82, 2.24) is 5.32 Å². The molecule has 62 valence electrons. The van der Waals surface area contributed by atoms with Crippen molar-refractivity contribution in [2.24, 2.45) is 0 Å². The molecule has 11 heavy (non-hydrogen) atoms. The molecule has 0 rings (SSSR count). The molecule has 0 radical (unpaired) electrons. The Morgan fingerprint density at radius 1 is 1.64 bits per heavy atom. The molecule has 0 aliphatic rings. The molecular formula is C5H11CaNO3S. The minimum atomic E-state index is -1.06. The monoisotopic (exact) mass is 205 g/mol. The van der Waals surface area contributed by atoms with Crippen LogP contribution in [-0.4, -0.2) is 66.5 Å². The van der Waals surface area contributed by atoms with E-state index in [4.69, 9.17) is 5.11 Å². The number of carboxylic acids is 1. The zero-order valence-corrected chi connectivity index (χ0v) is 6.39. The van der Waals surface area contributed by atoms with E-state index >= 15 is 0 Å². The predicted octanol–water partition coefficient (Wildman–Crippen LogP) is -1.41. The van der Waals surface area contributed by atoms with Gasteiger partial charge in [-0.05, 0) is 0 Å². The average Bonchev–Trinajstić information content (AvgIpc) is 1.81. The van der Waals surface area contributed by atoms with Crippen LogP contribution in [0.15, 0.2) is 0 Å². The van der Waals surface area contributed by atoms with Crippen LogP contribution in [0.5, 0.6) is 0 Å². The molecule has 0 saturated carbocycles. The quantitative estimate of drug-likeness (QED) is 0.392. The Hall–Kier alpha value is 0.550. The first kappa shape index (κ1) is 14.1. The molecular weight excluding hydrogens is 194 g/mol. The fraction of sp³-hybridized carbons (Fsp3) is 0.600. The summed E-state index contributed by atoms with van der Waals surface area (Å²) in [4.78, 5) is 20.5. The molecule has 0 heterocycles. The summed E-state index contributed by atoms with van der Waals surface area (Å²) >= 11 is 3.73. The van der Waals surface area contributed by atoms with Crippen molar-refractivity contribution >= 4 is 62.2 Å². The zero-order valence-electron chi connectivity index (χ0n) is 5.50. The number of amides is 1. The van der Waals surface area contributed by atoms with Gasteiger partial charge < -0.3 is 10.4 Å². The van der Waals surface area contributed by atoms with Crippen LogP contribution in [0.2, 0.25) is 0 Å². The molecule has 1 amide bonds. The van der Waals surface area contributed by atoms with Crippen LogP contribution in [0.25, 0.3) is 0 Å². The SMILES string of the molecule is CC(=O)NC(CS)C(=O)O.[CaH2]. The van der Waals surface area contributed by atoms with E-state index in [0.717, 1.165) is 0 Å². The number of carbonyl (C=O) groups is 2. The molecule has 4 nitrogen and oxygen atoms in total. The van der Waals surface area contributed by atoms with Gasteiger partial charge in [-0.2, -0.15) is 12.6 Å². The molecule has 0 aromatic rings. The summed E-state index contributed by atoms with van der Waals surface area (Å²) in [5.74, 6) is -1.32. The van der Waals surface area contributed by atoms with Gasteiger partial charge in [0.1, 0.15) is 6.04 Å². The molecule has 1 unspecified atom stereocenters. The summed E-state index contributed by atoms with van der Waals surface area (Å²) in [7, 11) is 0. The Morgan fingerprint density at radius 3 is 2.18 bits per heavy atom. The summed E-state index contributed by atoms with van der Waals surface area (Å²) < 4.78 is 0. The number of hydrogen-bond donors (Lipinski definition) is 3. The maximum absolute atomic E-state index is 10.3. The van der Waals surface area contributed by atoms with Crippen molar-refractivity contribution < 1.29 is 14.7 Å². The standard InChI is InChI=1S/C5H9NO3S.Ca.2H/c1-3(7)6-4(2-10)5(8)9;;;/h4,10H,2H2,1H3,(H,6,7)(H,8,9);;;. The van der Waals surface area contributed by atoms with E-state index in [1.807, 2.05) is 0 Å². The molecule has 0 aromatic heterocycles. The van der Waals surface area contributed by atoms with Crippen molar-refractivity contribution in [3.63, 3.8) is 0 Å². The molecule has 0 fully saturated rings. The third-order valence-corrected chi connectivity index (χ3v) is 1.22. The molecule has 0 saturated heterocycles. The minimum absolute atomic E-state index is 0. The van der Waals surface area contributed by atoms with Gasteiger partial charge in [-0.25, -0.2) is 4.79 Å². The van der Waals surface area contributed by atoms with Crippen molar-refractivity contribution in [1.29, 1.82) is 0 Å². The van der Waals surface area contributed by atoms with Crippen molar-refractivity contribution in [3.8, 4) is 0 Å². The molecule has 0 spiro atoms. The number of nitrogens with one attached hydrogen (secondary N) is 1. The number of aliphatic carboxylic acids is 1. The first-order chi connectivity index (χ1) is 4.57. The Balaban J connectivity index is 0.